The maximum absolute atomic E-state index is 11.9. The number of rotatable bonds is 6. The molecule has 0 aliphatic rings. The normalized spacial score (nSPS) is 10.2. The van der Waals surface area contributed by atoms with E-state index in [0.717, 1.165) is 12.8 Å². The maximum atomic E-state index is 11.9. The van der Waals surface area contributed by atoms with Gasteiger partial charge in [-0.05, 0) is 49.1 Å². The summed E-state index contributed by atoms with van der Waals surface area (Å²) in [4.78, 5) is 22.8. The number of hydrogen-bond acceptors (Lipinski definition) is 2. The van der Waals surface area contributed by atoms with Crippen molar-refractivity contribution in [1.82, 2.24) is 0 Å². The molecule has 114 valence electrons. The van der Waals surface area contributed by atoms with Crippen molar-refractivity contribution in [3.05, 3.63) is 65.2 Å². The van der Waals surface area contributed by atoms with E-state index in [1.54, 1.807) is 19.1 Å². The van der Waals surface area contributed by atoms with Crippen molar-refractivity contribution in [2.75, 3.05) is 5.32 Å². The van der Waals surface area contributed by atoms with E-state index >= 15 is 0 Å². The second kappa shape index (κ2) is 7.41. The standard InChI is InChI=1S/C18H19NO3/c1-13-12-15(10-11-16(13)18(21)22)19-17(20)9-5-8-14-6-3-2-4-7-14/h2-4,6-7,10-12H,5,8-9H2,1H3,(H,19,20)(H,21,22). The van der Waals surface area contributed by atoms with Gasteiger partial charge in [-0.2, -0.15) is 0 Å². The molecule has 4 nitrogen and oxygen atoms in total. The molecule has 2 N–H and O–H groups in total. The number of aryl methyl sites for hydroxylation is 2. The van der Waals surface area contributed by atoms with Crippen molar-refractivity contribution in [1.29, 1.82) is 0 Å². The summed E-state index contributed by atoms with van der Waals surface area (Å²) in [5, 5.41) is 11.8. The molecule has 0 unspecified atom stereocenters. The summed E-state index contributed by atoms with van der Waals surface area (Å²) in [7, 11) is 0. The second-order valence-electron chi connectivity index (χ2n) is 5.22. The van der Waals surface area contributed by atoms with Gasteiger partial charge in [0.2, 0.25) is 5.91 Å². The van der Waals surface area contributed by atoms with Gasteiger partial charge in [0.25, 0.3) is 0 Å². The molecule has 0 aliphatic carbocycles. The maximum Gasteiger partial charge on any atom is 0.335 e. The molecular weight excluding hydrogens is 278 g/mol. The topological polar surface area (TPSA) is 66.4 Å². The molecule has 0 saturated heterocycles. The molecule has 0 aliphatic heterocycles. The fourth-order valence-electron chi connectivity index (χ4n) is 2.30. The first-order chi connectivity index (χ1) is 10.6. The number of amides is 1. The average Bonchev–Trinajstić information content (AvgIpc) is 2.48. The zero-order chi connectivity index (χ0) is 15.9. The predicted octanol–water partition coefficient (Wildman–Crippen LogP) is 3.65. The van der Waals surface area contributed by atoms with Crippen molar-refractivity contribution < 1.29 is 14.7 Å². The minimum atomic E-state index is -0.960. The largest absolute Gasteiger partial charge is 0.478 e. The number of carboxylic acid groups (broad SMARTS) is 1. The van der Waals surface area contributed by atoms with E-state index in [4.69, 9.17) is 5.11 Å². The molecule has 0 fully saturated rings. The van der Waals surface area contributed by atoms with E-state index in [1.165, 1.54) is 11.6 Å². The molecule has 2 aromatic rings. The van der Waals surface area contributed by atoms with Crippen molar-refractivity contribution in [2.45, 2.75) is 26.2 Å². The highest BCUT2D eigenvalue weighted by molar-refractivity contribution is 5.93. The van der Waals surface area contributed by atoms with Crippen LogP contribution in [-0.2, 0) is 11.2 Å². The van der Waals surface area contributed by atoms with Crippen LogP contribution in [0.1, 0.15) is 34.3 Å². The molecule has 1 amide bonds. The number of carbonyl (C=O) groups is 2. The van der Waals surface area contributed by atoms with Crippen LogP contribution in [0.4, 0.5) is 5.69 Å². The Bertz CT molecular complexity index is 665. The van der Waals surface area contributed by atoms with E-state index in [0.29, 0.717) is 17.7 Å². The van der Waals surface area contributed by atoms with Crippen LogP contribution in [0.2, 0.25) is 0 Å². The third kappa shape index (κ3) is 4.45. The van der Waals surface area contributed by atoms with E-state index in [2.05, 4.69) is 5.32 Å². The highest BCUT2D eigenvalue weighted by atomic mass is 16.4. The van der Waals surface area contributed by atoms with Gasteiger partial charge in [0.05, 0.1) is 5.56 Å². The minimum Gasteiger partial charge on any atom is -0.478 e. The van der Waals surface area contributed by atoms with Crippen LogP contribution in [0.25, 0.3) is 0 Å². The lowest BCUT2D eigenvalue weighted by Gasteiger charge is -2.08. The molecule has 4 heteroatoms. The summed E-state index contributed by atoms with van der Waals surface area (Å²) in [5.41, 5.74) is 2.74. The number of nitrogens with one attached hydrogen (secondary N) is 1. The highest BCUT2D eigenvalue weighted by Crippen LogP contribution is 2.16. The Balaban J connectivity index is 1.84. The first-order valence-corrected chi connectivity index (χ1v) is 7.24. The van der Waals surface area contributed by atoms with Gasteiger partial charge >= 0.3 is 5.97 Å². The molecule has 0 radical (unpaired) electrons. The number of carbonyl (C=O) groups excluding carboxylic acids is 1. The lowest BCUT2D eigenvalue weighted by atomic mass is 10.1. The molecule has 0 heterocycles. The van der Waals surface area contributed by atoms with Gasteiger partial charge < -0.3 is 10.4 Å². The first-order valence-electron chi connectivity index (χ1n) is 7.24. The summed E-state index contributed by atoms with van der Waals surface area (Å²) in [5.74, 6) is -1.02. The Hall–Kier alpha value is -2.62. The predicted molar refractivity (Wildman–Crippen MR) is 86.1 cm³/mol. The lowest BCUT2D eigenvalue weighted by molar-refractivity contribution is -0.116. The van der Waals surface area contributed by atoms with E-state index in [-0.39, 0.29) is 11.5 Å². The monoisotopic (exact) mass is 297 g/mol. The number of hydrogen-bond donors (Lipinski definition) is 2. The molecule has 2 rings (SSSR count). The highest BCUT2D eigenvalue weighted by Gasteiger charge is 2.08. The van der Waals surface area contributed by atoms with E-state index < -0.39 is 5.97 Å². The van der Waals surface area contributed by atoms with Crippen LogP contribution in [0, 0.1) is 6.92 Å². The van der Waals surface area contributed by atoms with Crippen molar-refractivity contribution in [2.24, 2.45) is 0 Å². The Morgan fingerprint density at radius 3 is 2.45 bits per heavy atom. The van der Waals surface area contributed by atoms with E-state index in [9.17, 15) is 9.59 Å². The SMILES string of the molecule is Cc1cc(NC(=O)CCCc2ccccc2)ccc1C(=O)O. The molecular formula is C18H19NO3. The Morgan fingerprint density at radius 1 is 1.09 bits per heavy atom. The summed E-state index contributed by atoms with van der Waals surface area (Å²) in [6, 6.07) is 14.9. The van der Waals surface area contributed by atoms with Gasteiger partial charge in [-0.3, -0.25) is 4.79 Å². The summed E-state index contributed by atoms with van der Waals surface area (Å²) in [6.07, 6.45) is 2.09. The Kier molecular flexibility index (Phi) is 5.31. The van der Waals surface area contributed by atoms with E-state index in [1.807, 2.05) is 30.3 Å². The van der Waals surface area contributed by atoms with Crippen LogP contribution in [-0.4, -0.2) is 17.0 Å². The first kappa shape index (κ1) is 15.8. The van der Waals surface area contributed by atoms with Gasteiger partial charge in [-0.1, -0.05) is 30.3 Å². The molecule has 0 saturated carbocycles. The molecule has 0 atom stereocenters. The van der Waals surface area contributed by atoms with Crippen LogP contribution >= 0.6 is 0 Å². The Labute approximate surface area is 129 Å². The zero-order valence-electron chi connectivity index (χ0n) is 12.5. The average molecular weight is 297 g/mol. The summed E-state index contributed by atoms with van der Waals surface area (Å²) in [6.45, 7) is 1.72. The van der Waals surface area contributed by atoms with Gasteiger partial charge in [-0.15, -0.1) is 0 Å². The Morgan fingerprint density at radius 2 is 1.82 bits per heavy atom. The molecule has 2 aromatic carbocycles. The third-order valence-corrected chi connectivity index (χ3v) is 3.45. The number of benzene rings is 2. The summed E-state index contributed by atoms with van der Waals surface area (Å²) >= 11 is 0. The fraction of sp³-hybridized carbons (Fsp3) is 0.222. The lowest BCUT2D eigenvalue weighted by Crippen LogP contribution is -2.12. The zero-order valence-corrected chi connectivity index (χ0v) is 12.5. The van der Waals surface area contributed by atoms with Crippen LogP contribution < -0.4 is 5.32 Å². The molecule has 22 heavy (non-hydrogen) atoms. The number of aromatic carboxylic acids is 1. The van der Waals surface area contributed by atoms with Gasteiger partial charge in [0.1, 0.15) is 0 Å². The van der Waals surface area contributed by atoms with Gasteiger partial charge in [0, 0.05) is 12.1 Å². The number of anilines is 1. The fourth-order valence-corrected chi connectivity index (χ4v) is 2.30. The van der Waals surface area contributed by atoms with Gasteiger partial charge in [-0.25, -0.2) is 4.79 Å². The van der Waals surface area contributed by atoms with Crippen LogP contribution in [0.3, 0.4) is 0 Å². The van der Waals surface area contributed by atoms with Crippen LogP contribution in [0.5, 0.6) is 0 Å². The summed E-state index contributed by atoms with van der Waals surface area (Å²) < 4.78 is 0. The van der Waals surface area contributed by atoms with Crippen molar-refractivity contribution in [3.8, 4) is 0 Å². The molecule has 0 spiro atoms. The quantitative estimate of drug-likeness (QED) is 0.855. The smallest absolute Gasteiger partial charge is 0.335 e. The van der Waals surface area contributed by atoms with Crippen LogP contribution in [0.15, 0.2) is 48.5 Å². The third-order valence-electron chi connectivity index (χ3n) is 3.45. The van der Waals surface area contributed by atoms with Crippen molar-refractivity contribution >= 4 is 17.6 Å². The number of carboxylic acids is 1. The molecule has 0 aromatic heterocycles. The minimum absolute atomic E-state index is 0.0570. The van der Waals surface area contributed by atoms with Gasteiger partial charge in [0.15, 0.2) is 0 Å². The van der Waals surface area contributed by atoms with Crippen molar-refractivity contribution in [3.63, 3.8) is 0 Å². The molecule has 0 bridgehead atoms. The second-order valence-corrected chi connectivity index (χ2v) is 5.22.